The molecule has 0 aromatic carbocycles. The number of aliphatic hydroxyl groups excluding tert-OH is 2. The molecule has 0 heterocycles. The van der Waals surface area contributed by atoms with Crippen LogP contribution in [0.3, 0.4) is 0 Å². The van der Waals surface area contributed by atoms with Gasteiger partial charge in [-0.25, -0.2) is 0 Å². The maximum Gasteiger partial charge on any atom is 0.116 e. The first kappa shape index (κ1) is 16.4. The van der Waals surface area contributed by atoms with E-state index in [9.17, 15) is 0 Å². The number of allylic oxidation sites excluding steroid dienone is 3. The SMILES string of the molecule is C=C(C)/C=C\C(=C)OCC(O)CO.CC. The van der Waals surface area contributed by atoms with E-state index >= 15 is 0 Å². The predicted molar refractivity (Wildman–Crippen MR) is 63.5 cm³/mol. The molecule has 0 aromatic rings. The zero-order valence-corrected chi connectivity index (χ0v) is 9.86. The smallest absolute Gasteiger partial charge is 0.116 e. The lowest BCUT2D eigenvalue weighted by Crippen LogP contribution is -2.18. The van der Waals surface area contributed by atoms with E-state index in [-0.39, 0.29) is 13.2 Å². The normalized spacial score (nSPS) is 11.5. The summed E-state index contributed by atoms with van der Waals surface area (Å²) in [6.45, 7) is 12.9. The highest BCUT2D eigenvalue weighted by molar-refractivity contribution is 5.19. The van der Waals surface area contributed by atoms with Crippen LogP contribution >= 0.6 is 0 Å². The molecule has 15 heavy (non-hydrogen) atoms. The minimum absolute atomic E-state index is 0.0515. The van der Waals surface area contributed by atoms with Gasteiger partial charge in [-0.05, 0) is 13.0 Å². The molecule has 0 radical (unpaired) electrons. The van der Waals surface area contributed by atoms with Gasteiger partial charge >= 0.3 is 0 Å². The molecule has 0 aliphatic rings. The van der Waals surface area contributed by atoms with Crippen LogP contribution < -0.4 is 0 Å². The van der Waals surface area contributed by atoms with Crippen LogP contribution in [0.15, 0.2) is 36.6 Å². The Morgan fingerprint density at radius 3 is 2.27 bits per heavy atom. The Morgan fingerprint density at radius 1 is 1.33 bits per heavy atom. The van der Waals surface area contributed by atoms with E-state index in [0.717, 1.165) is 5.57 Å². The van der Waals surface area contributed by atoms with E-state index in [0.29, 0.717) is 5.76 Å². The highest BCUT2D eigenvalue weighted by Crippen LogP contribution is 2.00. The third-order valence-electron chi connectivity index (χ3n) is 1.23. The first-order valence-corrected chi connectivity index (χ1v) is 5.00. The molecule has 1 unspecified atom stereocenters. The lowest BCUT2D eigenvalue weighted by molar-refractivity contribution is 0.0332. The van der Waals surface area contributed by atoms with Crippen LogP contribution in [-0.2, 0) is 4.74 Å². The second-order valence-corrected chi connectivity index (χ2v) is 2.79. The van der Waals surface area contributed by atoms with Crippen LogP contribution in [-0.4, -0.2) is 29.5 Å². The third-order valence-corrected chi connectivity index (χ3v) is 1.23. The summed E-state index contributed by atoms with van der Waals surface area (Å²) in [6.07, 6.45) is 2.56. The molecular formula is C12H22O3. The topological polar surface area (TPSA) is 49.7 Å². The first-order chi connectivity index (χ1) is 7.06. The summed E-state index contributed by atoms with van der Waals surface area (Å²) in [5.41, 5.74) is 0.896. The Balaban J connectivity index is 0. The summed E-state index contributed by atoms with van der Waals surface area (Å²) in [4.78, 5) is 0. The summed E-state index contributed by atoms with van der Waals surface area (Å²) in [6, 6.07) is 0. The molecule has 3 heteroatoms. The van der Waals surface area contributed by atoms with Crippen molar-refractivity contribution >= 4 is 0 Å². The molecule has 0 aliphatic carbocycles. The Bertz CT molecular complexity index is 207. The lowest BCUT2D eigenvalue weighted by Gasteiger charge is -2.08. The van der Waals surface area contributed by atoms with Crippen LogP contribution in [0.5, 0.6) is 0 Å². The number of hydrogen-bond acceptors (Lipinski definition) is 3. The molecule has 0 saturated heterocycles. The van der Waals surface area contributed by atoms with Crippen molar-refractivity contribution in [1.82, 2.24) is 0 Å². The van der Waals surface area contributed by atoms with Gasteiger partial charge in [0.2, 0.25) is 0 Å². The molecule has 88 valence electrons. The van der Waals surface area contributed by atoms with Gasteiger partial charge in [0, 0.05) is 0 Å². The Labute approximate surface area is 92.4 Å². The van der Waals surface area contributed by atoms with Crippen LogP contribution in [0.1, 0.15) is 20.8 Å². The van der Waals surface area contributed by atoms with E-state index in [1.165, 1.54) is 0 Å². The van der Waals surface area contributed by atoms with E-state index in [1.54, 1.807) is 12.2 Å². The fourth-order valence-electron chi connectivity index (χ4n) is 0.539. The van der Waals surface area contributed by atoms with Crippen molar-refractivity contribution in [2.24, 2.45) is 0 Å². The zero-order chi connectivity index (χ0) is 12.3. The van der Waals surface area contributed by atoms with Crippen molar-refractivity contribution < 1.29 is 14.9 Å². The summed E-state index contributed by atoms with van der Waals surface area (Å²) >= 11 is 0. The van der Waals surface area contributed by atoms with Crippen molar-refractivity contribution in [2.45, 2.75) is 26.9 Å². The minimum Gasteiger partial charge on any atom is -0.491 e. The van der Waals surface area contributed by atoms with Gasteiger partial charge in [-0.1, -0.05) is 38.7 Å². The van der Waals surface area contributed by atoms with Crippen molar-refractivity contribution in [3.63, 3.8) is 0 Å². The van der Waals surface area contributed by atoms with Gasteiger partial charge in [-0.15, -0.1) is 0 Å². The molecule has 2 N–H and O–H groups in total. The van der Waals surface area contributed by atoms with Gasteiger partial charge in [0.25, 0.3) is 0 Å². The maximum absolute atomic E-state index is 8.93. The number of aliphatic hydroxyl groups is 2. The van der Waals surface area contributed by atoms with Crippen molar-refractivity contribution in [3.05, 3.63) is 36.6 Å². The highest BCUT2D eigenvalue weighted by atomic mass is 16.5. The quantitative estimate of drug-likeness (QED) is 0.525. The van der Waals surface area contributed by atoms with E-state index < -0.39 is 6.10 Å². The van der Waals surface area contributed by atoms with E-state index in [1.807, 2.05) is 20.8 Å². The number of ether oxygens (including phenoxy) is 1. The van der Waals surface area contributed by atoms with Crippen LogP contribution in [0.2, 0.25) is 0 Å². The summed E-state index contributed by atoms with van der Waals surface area (Å²) < 4.78 is 5.01. The van der Waals surface area contributed by atoms with Gasteiger partial charge in [0.15, 0.2) is 0 Å². The van der Waals surface area contributed by atoms with Gasteiger partial charge in [0.05, 0.1) is 6.61 Å². The second kappa shape index (κ2) is 11.0. The van der Waals surface area contributed by atoms with Gasteiger partial charge in [-0.2, -0.15) is 0 Å². The lowest BCUT2D eigenvalue weighted by atomic mass is 10.3. The van der Waals surface area contributed by atoms with E-state index in [2.05, 4.69) is 13.2 Å². The molecule has 1 atom stereocenters. The fourth-order valence-corrected chi connectivity index (χ4v) is 0.539. The molecule has 0 bridgehead atoms. The molecular weight excluding hydrogens is 192 g/mol. The monoisotopic (exact) mass is 214 g/mol. The predicted octanol–water partition coefficient (Wildman–Crippen LogP) is 2.03. The maximum atomic E-state index is 8.93. The molecule has 3 nitrogen and oxygen atoms in total. The third kappa shape index (κ3) is 12.9. The molecule has 0 aliphatic heterocycles. The zero-order valence-electron chi connectivity index (χ0n) is 9.86. The molecule has 0 aromatic heterocycles. The van der Waals surface area contributed by atoms with Crippen molar-refractivity contribution in [3.8, 4) is 0 Å². The summed E-state index contributed by atoms with van der Waals surface area (Å²) in [5, 5.41) is 17.4. The van der Waals surface area contributed by atoms with Gasteiger partial charge in [0.1, 0.15) is 18.5 Å². The van der Waals surface area contributed by atoms with Crippen LogP contribution in [0, 0.1) is 0 Å². The van der Waals surface area contributed by atoms with Crippen molar-refractivity contribution in [2.75, 3.05) is 13.2 Å². The molecule has 0 rings (SSSR count). The first-order valence-electron chi connectivity index (χ1n) is 5.00. The summed E-state index contributed by atoms with van der Waals surface area (Å²) in [5.74, 6) is 0.440. The van der Waals surface area contributed by atoms with Gasteiger partial charge in [-0.3, -0.25) is 0 Å². The molecule has 0 saturated carbocycles. The minimum atomic E-state index is -0.852. The molecule has 0 fully saturated rings. The highest BCUT2D eigenvalue weighted by Gasteiger charge is 2.01. The largest absolute Gasteiger partial charge is 0.491 e. The van der Waals surface area contributed by atoms with Crippen molar-refractivity contribution in [1.29, 1.82) is 0 Å². The van der Waals surface area contributed by atoms with E-state index in [4.69, 9.17) is 14.9 Å². The molecule has 0 amide bonds. The van der Waals surface area contributed by atoms with Crippen LogP contribution in [0.25, 0.3) is 0 Å². The standard InChI is InChI=1S/C10H16O3.C2H6/c1-8(2)4-5-9(3)13-7-10(12)6-11;1-2/h4-5,10-12H,1,3,6-7H2,2H3;1-2H3/b5-4-;. The molecule has 0 spiro atoms. The van der Waals surface area contributed by atoms with Crippen LogP contribution in [0.4, 0.5) is 0 Å². The average Bonchev–Trinajstić information content (AvgIpc) is 2.25. The Hall–Kier alpha value is -1.06. The Kier molecular flexibility index (Phi) is 12.0. The number of hydrogen-bond donors (Lipinski definition) is 2. The summed E-state index contributed by atoms with van der Waals surface area (Å²) in [7, 11) is 0. The Morgan fingerprint density at radius 2 is 1.87 bits per heavy atom. The number of rotatable bonds is 6. The average molecular weight is 214 g/mol. The fraction of sp³-hybridized carbons (Fsp3) is 0.500. The second-order valence-electron chi connectivity index (χ2n) is 2.79. The van der Waals surface area contributed by atoms with Gasteiger partial charge < -0.3 is 14.9 Å².